The third-order valence-electron chi connectivity index (χ3n) is 3.71. The predicted octanol–water partition coefficient (Wildman–Crippen LogP) is -4.40. The maximum Gasteiger partial charge on any atom is 0.329 e. The Morgan fingerprint density at radius 2 is 1.73 bits per heavy atom. The average Bonchev–Trinajstić information content (AvgIpc) is 3.00. The number of aromatic amines is 1. The van der Waals surface area contributed by atoms with Crippen LogP contribution in [-0.4, -0.2) is 89.2 Å². The zero-order valence-electron chi connectivity index (χ0n) is 14.7. The molecule has 0 saturated heterocycles. The van der Waals surface area contributed by atoms with Gasteiger partial charge in [0.15, 0.2) is 11.2 Å². The number of aliphatic hydroxyl groups is 5. The maximum atomic E-state index is 11.3. The van der Waals surface area contributed by atoms with E-state index in [1.807, 2.05) is 0 Å². The van der Waals surface area contributed by atoms with Gasteiger partial charge in [-0.15, -0.1) is 0 Å². The van der Waals surface area contributed by atoms with Crippen LogP contribution in [0.1, 0.15) is 0 Å². The first-order valence-corrected chi connectivity index (χ1v) is 7.73. The fraction of sp³-hybridized carbons (Fsp3) is 0.643. The summed E-state index contributed by atoms with van der Waals surface area (Å²) in [6, 6.07) is 0. The van der Waals surface area contributed by atoms with Crippen LogP contribution in [0.25, 0.3) is 11.2 Å². The number of hydrogen-bond acceptors (Lipinski definition) is 9. The third kappa shape index (κ3) is 4.97. The van der Waals surface area contributed by atoms with Crippen LogP contribution in [0.2, 0.25) is 0 Å². The van der Waals surface area contributed by atoms with Gasteiger partial charge in [0.2, 0.25) is 0 Å². The molecule has 0 unspecified atom stereocenters. The highest BCUT2D eigenvalue weighted by Crippen LogP contribution is 2.04. The zero-order chi connectivity index (χ0) is 20.0. The lowest BCUT2D eigenvalue weighted by Crippen LogP contribution is -2.48. The summed E-state index contributed by atoms with van der Waals surface area (Å²) in [5.41, 5.74) is -0.0485. The highest BCUT2D eigenvalue weighted by atomic mass is 16.4. The predicted molar refractivity (Wildman–Crippen MR) is 91.6 cm³/mol. The van der Waals surface area contributed by atoms with Crippen LogP contribution in [0.15, 0.2) is 15.9 Å². The van der Waals surface area contributed by atoms with Crippen molar-refractivity contribution in [3.8, 4) is 0 Å². The molecular weight excluding hydrogens is 350 g/mol. The van der Waals surface area contributed by atoms with Gasteiger partial charge >= 0.3 is 5.69 Å². The van der Waals surface area contributed by atoms with Gasteiger partial charge in [-0.3, -0.25) is 14.3 Å². The summed E-state index contributed by atoms with van der Waals surface area (Å²) in [7, 11) is 4.84. The molecule has 0 bridgehead atoms. The monoisotopic (exact) mass is 375 g/mol. The van der Waals surface area contributed by atoms with Crippen molar-refractivity contribution in [1.82, 2.24) is 24.4 Å². The molecule has 12 nitrogen and oxygen atoms in total. The summed E-state index contributed by atoms with van der Waals surface area (Å²) in [6.45, 7) is -0.569. The highest BCUT2D eigenvalue weighted by Gasteiger charge is 2.29. The van der Waals surface area contributed by atoms with Crippen LogP contribution in [0.5, 0.6) is 0 Å². The Kier molecular flexibility index (Phi) is 8.08. The van der Waals surface area contributed by atoms with Gasteiger partial charge in [-0.2, -0.15) is 0 Å². The number of H-pyrrole nitrogens is 1. The summed E-state index contributed by atoms with van der Waals surface area (Å²) in [5.74, 6) is 0. The number of aromatic nitrogens is 4. The summed E-state index contributed by atoms with van der Waals surface area (Å²) >= 11 is 0. The van der Waals surface area contributed by atoms with Crippen molar-refractivity contribution in [3.63, 3.8) is 0 Å². The second-order valence-corrected chi connectivity index (χ2v) is 5.70. The van der Waals surface area contributed by atoms with E-state index in [4.69, 9.17) is 20.4 Å². The minimum absolute atomic E-state index is 0.0936. The molecule has 7 N–H and O–H groups in total. The van der Waals surface area contributed by atoms with Gasteiger partial charge in [0.05, 0.1) is 19.0 Å². The van der Waals surface area contributed by atoms with Gasteiger partial charge in [-0.05, 0) is 7.05 Å². The maximum absolute atomic E-state index is 11.3. The molecule has 0 spiro atoms. The molecule has 148 valence electrons. The van der Waals surface area contributed by atoms with Gasteiger partial charge in [-0.1, -0.05) is 0 Å². The second kappa shape index (κ2) is 9.56. The molecule has 0 aliphatic carbocycles. The van der Waals surface area contributed by atoms with Crippen molar-refractivity contribution >= 4 is 11.2 Å². The standard InChI is InChI=1S/C7H8N4O2.C7H17NO5/c1-10-3-8-5-4(10)6(12)9-7(13)11(5)2;1-8-2-4(10)6(12)7(13)5(11)3-9/h3H,1-2H3,(H,9,12,13);4-13H,2-3H2,1H3/t;4-,5+,6+,7+/m.0/s1. The van der Waals surface area contributed by atoms with Crippen molar-refractivity contribution in [2.75, 3.05) is 20.2 Å². The Hall–Kier alpha value is -2.09. The Bertz CT molecular complexity index is 814. The van der Waals surface area contributed by atoms with Gasteiger partial charge in [0, 0.05) is 20.6 Å². The SMILES string of the molecule is CNC[C@H](O)[C@@H](O)[C@H](O)[C@H](O)CO.Cn1cnc2c1c(=O)[nH]c(=O)n2C. The Morgan fingerprint density at radius 1 is 1.15 bits per heavy atom. The number of aliphatic hydroxyl groups excluding tert-OH is 5. The molecule has 2 heterocycles. The number of imidazole rings is 1. The summed E-state index contributed by atoms with van der Waals surface area (Å²) in [5, 5.41) is 47.5. The smallest absolute Gasteiger partial charge is 0.329 e. The minimum Gasteiger partial charge on any atom is -0.394 e. The van der Waals surface area contributed by atoms with Crippen molar-refractivity contribution < 1.29 is 25.5 Å². The molecule has 2 aromatic heterocycles. The lowest BCUT2D eigenvalue weighted by molar-refractivity contribution is -0.113. The van der Waals surface area contributed by atoms with E-state index in [0.717, 1.165) is 0 Å². The van der Waals surface area contributed by atoms with Gasteiger partial charge in [0.25, 0.3) is 5.56 Å². The summed E-state index contributed by atoms with van der Waals surface area (Å²) < 4.78 is 2.88. The first-order chi connectivity index (χ1) is 12.1. The molecule has 2 aromatic rings. The number of fused-ring (bicyclic) bond motifs is 1. The minimum atomic E-state index is -1.55. The van der Waals surface area contributed by atoms with Crippen molar-refractivity contribution in [3.05, 3.63) is 27.2 Å². The molecule has 0 amide bonds. The van der Waals surface area contributed by atoms with Gasteiger partial charge in [0.1, 0.15) is 18.3 Å². The first kappa shape index (κ1) is 22.0. The van der Waals surface area contributed by atoms with Crippen LogP contribution >= 0.6 is 0 Å². The van der Waals surface area contributed by atoms with E-state index in [2.05, 4.69) is 15.3 Å². The van der Waals surface area contributed by atoms with Gasteiger partial charge in [-0.25, -0.2) is 9.78 Å². The molecule has 0 radical (unpaired) electrons. The fourth-order valence-electron chi connectivity index (χ4n) is 2.15. The molecule has 0 aromatic carbocycles. The van der Waals surface area contributed by atoms with E-state index >= 15 is 0 Å². The number of likely N-dealkylation sites (N-methyl/N-ethyl adjacent to an activating group) is 1. The fourth-order valence-corrected chi connectivity index (χ4v) is 2.15. The van der Waals surface area contributed by atoms with Crippen molar-refractivity contribution in [2.24, 2.45) is 14.1 Å². The number of aryl methyl sites for hydroxylation is 2. The number of nitrogens with one attached hydrogen (secondary N) is 2. The molecule has 0 fully saturated rings. The topological polar surface area (TPSA) is 186 Å². The normalized spacial score (nSPS) is 15.8. The van der Waals surface area contributed by atoms with Crippen LogP contribution in [-0.2, 0) is 14.1 Å². The number of rotatable bonds is 6. The van der Waals surface area contributed by atoms with Crippen molar-refractivity contribution in [2.45, 2.75) is 24.4 Å². The van der Waals surface area contributed by atoms with E-state index < -0.39 is 42.3 Å². The van der Waals surface area contributed by atoms with Crippen LogP contribution in [0, 0.1) is 0 Å². The number of hydrogen-bond donors (Lipinski definition) is 7. The largest absolute Gasteiger partial charge is 0.394 e. The van der Waals surface area contributed by atoms with Crippen LogP contribution in [0.3, 0.4) is 0 Å². The van der Waals surface area contributed by atoms with E-state index in [0.29, 0.717) is 11.2 Å². The molecule has 4 atom stereocenters. The Labute approximate surface area is 148 Å². The second-order valence-electron chi connectivity index (χ2n) is 5.70. The van der Waals surface area contributed by atoms with E-state index in [1.165, 1.54) is 10.9 Å². The van der Waals surface area contributed by atoms with Gasteiger partial charge < -0.3 is 35.4 Å². The van der Waals surface area contributed by atoms with E-state index in [1.54, 1.807) is 25.7 Å². The molecule has 0 aliphatic heterocycles. The Balaban J connectivity index is 0.000000260. The molecule has 2 rings (SSSR count). The molecule has 12 heteroatoms. The average molecular weight is 375 g/mol. The third-order valence-corrected chi connectivity index (χ3v) is 3.71. The quantitative estimate of drug-likeness (QED) is 0.262. The Morgan fingerprint density at radius 3 is 2.27 bits per heavy atom. The van der Waals surface area contributed by atoms with E-state index in [-0.39, 0.29) is 6.54 Å². The van der Waals surface area contributed by atoms with Crippen molar-refractivity contribution in [1.29, 1.82) is 0 Å². The van der Waals surface area contributed by atoms with E-state index in [9.17, 15) is 14.7 Å². The lowest BCUT2D eigenvalue weighted by atomic mass is 10.0. The van der Waals surface area contributed by atoms with Crippen LogP contribution in [0.4, 0.5) is 0 Å². The first-order valence-electron chi connectivity index (χ1n) is 7.73. The molecule has 0 aliphatic rings. The molecule has 26 heavy (non-hydrogen) atoms. The summed E-state index contributed by atoms with van der Waals surface area (Å²) in [4.78, 5) is 28.6. The molecule has 0 saturated carbocycles. The number of nitrogens with zero attached hydrogens (tertiary/aromatic N) is 3. The lowest BCUT2D eigenvalue weighted by Gasteiger charge is -2.25. The zero-order valence-corrected chi connectivity index (χ0v) is 14.7. The molecular formula is C14H25N5O7. The summed E-state index contributed by atoms with van der Waals surface area (Å²) in [6.07, 6.45) is -4.15. The highest BCUT2D eigenvalue weighted by molar-refractivity contribution is 5.69. The van der Waals surface area contributed by atoms with Crippen LogP contribution < -0.4 is 16.6 Å².